The van der Waals surface area contributed by atoms with Crippen LogP contribution in [-0.2, 0) is 0 Å². The van der Waals surface area contributed by atoms with Gasteiger partial charge in [0.25, 0.3) is 0 Å². The largest absolute Gasteiger partial charge is 0.404 e. The van der Waals surface area contributed by atoms with Crippen molar-refractivity contribution in [1.82, 2.24) is 10.2 Å². The van der Waals surface area contributed by atoms with Crippen LogP contribution in [0.15, 0.2) is 17.4 Å². The molecule has 0 aromatic carbocycles. The van der Waals surface area contributed by atoms with Gasteiger partial charge in [0.15, 0.2) is 0 Å². The standard InChI is InChI=1S/C14H24N4/c1-4-6-8-16-13(7-5-2)12(9-15)14-11(3)10-17-18-14/h9-10H,4-8,15H2,1-3H3,(H,17,18)/b12-9+,16-13?. The van der Waals surface area contributed by atoms with E-state index in [-0.39, 0.29) is 0 Å². The molecule has 0 unspecified atom stereocenters. The first kappa shape index (κ1) is 14.5. The SMILES string of the molecule is CCCCN=C(CCC)/C(=C\N)c1[nH]ncc1C. The maximum atomic E-state index is 5.78. The zero-order chi connectivity index (χ0) is 13.4. The molecule has 1 heterocycles. The lowest BCUT2D eigenvalue weighted by Crippen LogP contribution is -2.07. The average Bonchev–Trinajstić information content (AvgIpc) is 2.77. The zero-order valence-corrected chi connectivity index (χ0v) is 11.7. The molecule has 0 spiro atoms. The van der Waals surface area contributed by atoms with Gasteiger partial charge in [-0.05, 0) is 25.3 Å². The van der Waals surface area contributed by atoms with Gasteiger partial charge in [-0.15, -0.1) is 0 Å². The summed E-state index contributed by atoms with van der Waals surface area (Å²) in [7, 11) is 0. The predicted molar refractivity (Wildman–Crippen MR) is 77.6 cm³/mol. The van der Waals surface area contributed by atoms with E-state index >= 15 is 0 Å². The molecule has 4 nitrogen and oxygen atoms in total. The lowest BCUT2D eigenvalue weighted by Gasteiger charge is -2.09. The van der Waals surface area contributed by atoms with Crippen LogP contribution in [0.25, 0.3) is 5.57 Å². The third-order valence-corrected chi connectivity index (χ3v) is 2.88. The van der Waals surface area contributed by atoms with E-state index in [0.717, 1.165) is 54.8 Å². The number of unbranched alkanes of at least 4 members (excludes halogenated alkanes) is 1. The number of aromatic nitrogens is 2. The summed E-state index contributed by atoms with van der Waals surface area (Å²) < 4.78 is 0. The van der Waals surface area contributed by atoms with Crippen LogP contribution in [-0.4, -0.2) is 22.5 Å². The number of hydrogen-bond donors (Lipinski definition) is 2. The molecule has 0 saturated carbocycles. The summed E-state index contributed by atoms with van der Waals surface area (Å²) in [4.78, 5) is 4.69. The highest BCUT2D eigenvalue weighted by atomic mass is 15.1. The van der Waals surface area contributed by atoms with Crippen molar-refractivity contribution in [2.24, 2.45) is 10.7 Å². The number of nitrogens with one attached hydrogen (secondary N) is 1. The van der Waals surface area contributed by atoms with E-state index in [2.05, 4.69) is 24.0 Å². The molecule has 0 atom stereocenters. The van der Waals surface area contributed by atoms with Crippen LogP contribution >= 0.6 is 0 Å². The maximum absolute atomic E-state index is 5.78. The molecule has 0 aliphatic carbocycles. The number of nitrogens with zero attached hydrogens (tertiary/aromatic N) is 2. The van der Waals surface area contributed by atoms with Gasteiger partial charge >= 0.3 is 0 Å². The van der Waals surface area contributed by atoms with Crippen molar-refractivity contribution in [1.29, 1.82) is 0 Å². The highest BCUT2D eigenvalue weighted by Crippen LogP contribution is 2.19. The first-order valence-corrected chi connectivity index (χ1v) is 6.70. The fourth-order valence-electron chi connectivity index (χ4n) is 1.85. The van der Waals surface area contributed by atoms with Crippen LogP contribution in [0.3, 0.4) is 0 Å². The Bertz CT molecular complexity index is 415. The molecule has 0 bridgehead atoms. The van der Waals surface area contributed by atoms with Crippen molar-refractivity contribution in [3.63, 3.8) is 0 Å². The van der Waals surface area contributed by atoms with E-state index < -0.39 is 0 Å². The van der Waals surface area contributed by atoms with E-state index in [4.69, 9.17) is 10.7 Å². The minimum atomic E-state index is 0.871. The molecule has 4 heteroatoms. The molecule has 0 saturated heterocycles. The summed E-state index contributed by atoms with van der Waals surface area (Å²) in [6.45, 7) is 7.23. The third-order valence-electron chi connectivity index (χ3n) is 2.88. The van der Waals surface area contributed by atoms with Gasteiger partial charge in [0.1, 0.15) is 0 Å². The maximum Gasteiger partial charge on any atom is 0.0711 e. The minimum absolute atomic E-state index is 0.871. The highest BCUT2D eigenvalue weighted by Gasteiger charge is 2.12. The monoisotopic (exact) mass is 248 g/mol. The van der Waals surface area contributed by atoms with E-state index in [9.17, 15) is 0 Å². The third kappa shape index (κ3) is 3.72. The molecule has 18 heavy (non-hydrogen) atoms. The van der Waals surface area contributed by atoms with Gasteiger partial charge in [0.2, 0.25) is 0 Å². The van der Waals surface area contributed by atoms with Crippen molar-refractivity contribution >= 4 is 11.3 Å². The van der Waals surface area contributed by atoms with E-state index in [0.29, 0.717) is 0 Å². The summed E-state index contributed by atoms with van der Waals surface area (Å²) in [5.74, 6) is 0. The Morgan fingerprint density at radius 1 is 1.44 bits per heavy atom. The second-order valence-corrected chi connectivity index (χ2v) is 4.44. The lowest BCUT2D eigenvalue weighted by atomic mass is 10.0. The molecule has 1 rings (SSSR count). The lowest BCUT2D eigenvalue weighted by molar-refractivity contribution is 0.804. The number of aliphatic imine (C=N–C) groups is 1. The number of rotatable bonds is 7. The Labute approximate surface area is 109 Å². The normalized spacial score (nSPS) is 13.1. The number of H-pyrrole nitrogens is 1. The van der Waals surface area contributed by atoms with Crippen LogP contribution in [0.5, 0.6) is 0 Å². The van der Waals surface area contributed by atoms with E-state index in [1.54, 1.807) is 6.20 Å². The van der Waals surface area contributed by atoms with Crippen molar-refractivity contribution in [3.05, 3.63) is 23.7 Å². The number of hydrogen-bond acceptors (Lipinski definition) is 3. The highest BCUT2D eigenvalue weighted by molar-refractivity contribution is 6.23. The molecule has 0 aliphatic rings. The Morgan fingerprint density at radius 3 is 2.72 bits per heavy atom. The molecule has 3 N–H and O–H groups in total. The minimum Gasteiger partial charge on any atom is -0.404 e. The number of nitrogens with two attached hydrogens (primary N) is 1. The van der Waals surface area contributed by atoms with Gasteiger partial charge in [-0.25, -0.2) is 0 Å². The molecule has 0 amide bonds. The fraction of sp³-hybridized carbons (Fsp3) is 0.571. The van der Waals surface area contributed by atoms with E-state index in [1.807, 2.05) is 13.1 Å². The smallest absolute Gasteiger partial charge is 0.0711 e. The topological polar surface area (TPSA) is 67.1 Å². The molecule has 0 radical (unpaired) electrons. The fourth-order valence-corrected chi connectivity index (χ4v) is 1.85. The van der Waals surface area contributed by atoms with Crippen molar-refractivity contribution in [2.45, 2.75) is 46.5 Å². The molecule has 100 valence electrons. The summed E-state index contributed by atoms with van der Waals surface area (Å²) in [6, 6.07) is 0. The molecule has 1 aromatic heterocycles. The summed E-state index contributed by atoms with van der Waals surface area (Å²) >= 11 is 0. The number of aromatic amines is 1. The predicted octanol–water partition coefficient (Wildman–Crippen LogP) is 3.06. The first-order valence-electron chi connectivity index (χ1n) is 6.70. The average molecular weight is 248 g/mol. The van der Waals surface area contributed by atoms with Crippen molar-refractivity contribution in [3.8, 4) is 0 Å². The number of aryl methyl sites for hydroxylation is 1. The Balaban J connectivity index is 2.95. The summed E-state index contributed by atoms with van der Waals surface area (Å²) in [6.07, 6.45) is 7.75. The zero-order valence-electron chi connectivity index (χ0n) is 11.7. The van der Waals surface area contributed by atoms with Gasteiger partial charge in [0.05, 0.1) is 11.9 Å². The van der Waals surface area contributed by atoms with E-state index in [1.165, 1.54) is 0 Å². The Hall–Kier alpha value is -1.58. The second-order valence-electron chi connectivity index (χ2n) is 4.44. The van der Waals surface area contributed by atoms with Crippen LogP contribution in [0.2, 0.25) is 0 Å². The van der Waals surface area contributed by atoms with Crippen molar-refractivity contribution < 1.29 is 0 Å². The quantitative estimate of drug-likeness (QED) is 0.575. The molecular formula is C14H24N4. The van der Waals surface area contributed by atoms with Gasteiger partial charge < -0.3 is 5.73 Å². The van der Waals surface area contributed by atoms with Gasteiger partial charge in [-0.2, -0.15) is 5.10 Å². The molecule has 0 aliphatic heterocycles. The van der Waals surface area contributed by atoms with Crippen LogP contribution in [0, 0.1) is 6.92 Å². The Morgan fingerprint density at radius 2 is 2.22 bits per heavy atom. The van der Waals surface area contributed by atoms with Crippen LogP contribution in [0.4, 0.5) is 0 Å². The number of allylic oxidation sites excluding steroid dienone is 1. The van der Waals surface area contributed by atoms with Crippen LogP contribution in [0.1, 0.15) is 50.8 Å². The molecular weight excluding hydrogens is 224 g/mol. The summed E-state index contributed by atoms with van der Waals surface area (Å²) in [5.41, 5.74) is 9.94. The first-order chi connectivity index (χ1) is 8.74. The Kier molecular flexibility index (Phi) is 6.19. The van der Waals surface area contributed by atoms with Gasteiger partial charge in [0, 0.05) is 24.0 Å². The van der Waals surface area contributed by atoms with Gasteiger partial charge in [-0.3, -0.25) is 10.1 Å². The van der Waals surface area contributed by atoms with Crippen LogP contribution < -0.4 is 5.73 Å². The van der Waals surface area contributed by atoms with Crippen molar-refractivity contribution in [2.75, 3.05) is 6.54 Å². The van der Waals surface area contributed by atoms with Gasteiger partial charge in [-0.1, -0.05) is 26.7 Å². The molecule has 1 aromatic rings. The second kappa shape index (κ2) is 7.69. The summed E-state index contributed by atoms with van der Waals surface area (Å²) in [5, 5.41) is 7.06. The molecule has 0 fully saturated rings.